The molecular weight excluding hydrogens is 276 g/mol. The van der Waals surface area contributed by atoms with Crippen LogP contribution in [0, 0.1) is 0 Å². The molecule has 2 heterocycles. The zero-order valence-electron chi connectivity index (χ0n) is 11.9. The molecule has 2 aliphatic heterocycles. The molecule has 114 valence electrons. The summed E-state index contributed by atoms with van der Waals surface area (Å²) in [6.45, 7) is 3.20. The van der Waals surface area contributed by atoms with Crippen molar-refractivity contribution < 1.29 is 29.2 Å². The van der Waals surface area contributed by atoms with Crippen LogP contribution in [-0.4, -0.2) is 52.5 Å². The normalized spacial score (nSPS) is 36.7. The molecule has 1 unspecified atom stereocenters. The van der Waals surface area contributed by atoms with Crippen LogP contribution in [0.25, 0.3) is 0 Å². The molecule has 2 saturated heterocycles. The van der Waals surface area contributed by atoms with E-state index in [1.807, 2.05) is 0 Å². The Hall–Kier alpha value is -1.47. The van der Waals surface area contributed by atoms with Crippen molar-refractivity contribution in [1.29, 1.82) is 0 Å². The van der Waals surface area contributed by atoms with Crippen LogP contribution in [0.2, 0.25) is 0 Å². The van der Waals surface area contributed by atoms with E-state index in [4.69, 9.17) is 14.2 Å². The largest absolute Gasteiger partial charge is 0.459 e. The smallest absolute Gasteiger partial charge is 0.338 e. The number of aliphatic hydroxyl groups is 2. The second kappa shape index (κ2) is 4.78. The molecule has 0 bridgehead atoms. The molecule has 0 spiro atoms. The van der Waals surface area contributed by atoms with Gasteiger partial charge in [-0.2, -0.15) is 0 Å². The lowest BCUT2D eigenvalue weighted by Gasteiger charge is -2.53. The summed E-state index contributed by atoms with van der Waals surface area (Å²) in [4.78, 5) is 11.8. The van der Waals surface area contributed by atoms with Gasteiger partial charge in [-0.25, -0.2) is 4.79 Å². The van der Waals surface area contributed by atoms with E-state index < -0.39 is 35.7 Å². The maximum Gasteiger partial charge on any atom is 0.338 e. The highest BCUT2D eigenvalue weighted by Gasteiger charge is 2.71. The van der Waals surface area contributed by atoms with E-state index in [2.05, 4.69) is 0 Å². The lowest BCUT2D eigenvalue weighted by Crippen LogP contribution is -2.71. The van der Waals surface area contributed by atoms with Crippen molar-refractivity contribution in [3.05, 3.63) is 35.9 Å². The molecule has 0 radical (unpaired) electrons. The summed E-state index contributed by atoms with van der Waals surface area (Å²) in [5, 5.41) is 20.4. The van der Waals surface area contributed by atoms with E-state index in [-0.39, 0.29) is 6.61 Å². The second-order valence-corrected chi connectivity index (χ2v) is 5.86. The van der Waals surface area contributed by atoms with Gasteiger partial charge in [-0.15, -0.1) is 0 Å². The highest BCUT2D eigenvalue weighted by Crippen LogP contribution is 2.50. The van der Waals surface area contributed by atoms with Gasteiger partial charge in [-0.05, 0) is 26.0 Å². The van der Waals surface area contributed by atoms with Crippen molar-refractivity contribution in [3.63, 3.8) is 0 Å². The van der Waals surface area contributed by atoms with E-state index in [0.717, 1.165) is 0 Å². The molecule has 2 N–H and O–H groups in total. The number of fused-ring (bicyclic) bond motifs is 1. The molecule has 4 atom stereocenters. The Balaban J connectivity index is 1.61. The summed E-state index contributed by atoms with van der Waals surface area (Å²) in [5.74, 6) is -2.05. The van der Waals surface area contributed by atoms with Crippen molar-refractivity contribution in [3.8, 4) is 0 Å². The van der Waals surface area contributed by atoms with Crippen LogP contribution in [0.4, 0.5) is 0 Å². The quantitative estimate of drug-likeness (QED) is 0.788. The van der Waals surface area contributed by atoms with Crippen LogP contribution < -0.4 is 0 Å². The number of ether oxygens (including phenoxy) is 3. The maximum atomic E-state index is 11.8. The predicted octanol–water partition coefficient (Wildman–Crippen LogP) is 0.469. The molecule has 2 fully saturated rings. The Bertz CT molecular complexity index is 542. The lowest BCUT2D eigenvalue weighted by atomic mass is 9.84. The number of carbonyl (C=O) groups excluding carboxylic acids is 1. The second-order valence-electron chi connectivity index (χ2n) is 5.86. The third-order valence-electron chi connectivity index (χ3n) is 4.08. The van der Waals surface area contributed by atoms with Crippen LogP contribution in [0.15, 0.2) is 30.3 Å². The fourth-order valence-electron chi connectivity index (χ4n) is 2.72. The van der Waals surface area contributed by atoms with Crippen molar-refractivity contribution >= 4 is 5.97 Å². The summed E-state index contributed by atoms with van der Waals surface area (Å²) in [5.41, 5.74) is -0.472. The summed E-state index contributed by atoms with van der Waals surface area (Å²) < 4.78 is 16.0. The fourth-order valence-corrected chi connectivity index (χ4v) is 2.72. The first-order valence-electron chi connectivity index (χ1n) is 6.83. The highest BCUT2D eigenvalue weighted by atomic mass is 16.7. The van der Waals surface area contributed by atoms with Gasteiger partial charge in [-0.1, -0.05) is 18.2 Å². The number of aliphatic hydroxyl groups excluding tert-OH is 1. The monoisotopic (exact) mass is 294 g/mol. The van der Waals surface area contributed by atoms with Gasteiger partial charge in [0.05, 0.1) is 5.56 Å². The molecule has 0 aromatic heterocycles. The first-order chi connectivity index (χ1) is 9.85. The van der Waals surface area contributed by atoms with Crippen LogP contribution in [0.1, 0.15) is 24.2 Å². The number of carbonyl (C=O) groups is 1. The van der Waals surface area contributed by atoms with Gasteiger partial charge in [0.15, 0.2) is 0 Å². The first-order valence-corrected chi connectivity index (χ1v) is 6.83. The Labute approximate surface area is 122 Å². The summed E-state index contributed by atoms with van der Waals surface area (Å²) in [6.07, 6.45) is -2.66. The molecule has 0 aliphatic carbocycles. The number of esters is 1. The fraction of sp³-hybridized carbons (Fsp3) is 0.533. The van der Waals surface area contributed by atoms with Gasteiger partial charge in [0.25, 0.3) is 0 Å². The van der Waals surface area contributed by atoms with Crippen molar-refractivity contribution in [2.75, 3.05) is 6.61 Å². The van der Waals surface area contributed by atoms with Crippen molar-refractivity contribution in [2.45, 2.75) is 43.5 Å². The Morgan fingerprint density at radius 2 is 1.95 bits per heavy atom. The lowest BCUT2D eigenvalue weighted by molar-refractivity contribution is -0.415. The first kappa shape index (κ1) is 14.5. The molecule has 6 heteroatoms. The Morgan fingerprint density at radius 1 is 1.29 bits per heavy atom. The van der Waals surface area contributed by atoms with Crippen LogP contribution >= 0.6 is 0 Å². The van der Waals surface area contributed by atoms with Crippen LogP contribution in [-0.2, 0) is 14.2 Å². The van der Waals surface area contributed by atoms with Crippen molar-refractivity contribution in [1.82, 2.24) is 0 Å². The van der Waals surface area contributed by atoms with Gasteiger partial charge in [0.2, 0.25) is 5.79 Å². The topological polar surface area (TPSA) is 85.2 Å². The van der Waals surface area contributed by atoms with Crippen molar-refractivity contribution in [2.24, 2.45) is 0 Å². The maximum absolute atomic E-state index is 11.8. The number of hydrogen-bond acceptors (Lipinski definition) is 6. The van der Waals surface area contributed by atoms with Gasteiger partial charge in [0, 0.05) is 0 Å². The van der Waals surface area contributed by atoms with Crippen LogP contribution in [0.5, 0.6) is 0 Å². The third-order valence-corrected chi connectivity index (χ3v) is 4.08. The third kappa shape index (κ3) is 2.15. The molecule has 2 aliphatic rings. The van der Waals surface area contributed by atoms with E-state index in [1.54, 1.807) is 44.2 Å². The van der Waals surface area contributed by atoms with Gasteiger partial charge in [-0.3, -0.25) is 0 Å². The number of hydrogen-bond donors (Lipinski definition) is 2. The van der Waals surface area contributed by atoms with E-state index in [0.29, 0.717) is 5.56 Å². The molecule has 0 amide bonds. The minimum Gasteiger partial charge on any atom is -0.459 e. The average Bonchev–Trinajstić information content (AvgIpc) is 2.68. The summed E-state index contributed by atoms with van der Waals surface area (Å²) in [7, 11) is 0. The summed E-state index contributed by atoms with van der Waals surface area (Å²) >= 11 is 0. The zero-order valence-corrected chi connectivity index (χ0v) is 11.9. The molecular formula is C15H18O6. The minimum absolute atomic E-state index is 0.146. The van der Waals surface area contributed by atoms with Gasteiger partial charge in [0.1, 0.15) is 30.5 Å². The molecule has 21 heavy (non-hydrogen) atoms. The minimum atomic E-state index is -1.55. The standard InChI is InChI=1S/C15H18O6/c1-14(2)15(18)12(21-14)11(16)10(20-15)8-19-13(17)9-6-4-3-5-7-9/h3-7,10-12,16,18H,8H2,1-2H3/t10-,11+,12-,15?/m1/s1. The predicted molar refractivity (Wildman–Crippen MR) is 71.5 cm³/mol. The molecule has 6 nitrogen and oxygen atoms in total. The van der Waals surface area contributed by atoms with Gasteiger partial charge >= 0.3 is 5.97 Å². The van der Waals surface area contributed by atoms with E-state index in [9.17, 15) is 15.0 Å². The van der Waals surface area contributed by atoms with Crippen LogP contribution in [0.3, 0.4) is 0 Å². The Morgan fingerprint density at radius 3 is 2.52 bits per heavy atom. The van der Waals surface area contributed by atoms with E-state index >= 15 is 0 Å². The highest BCUT2D eigenvalue weighted by molar-refractivity contribution is 5.89. The number of rotatable bonds is 3. The molecule has 1 aromatic carbocycles. The zero-order chi connectivity index (χ0) is 15.3. The SMILES string of the molecule is CC1(C)O[C@@H]2[C@@H](O)[C@@H](COC(=O)c3ccccc3)OC21O. The molecule has 0 saturated carbocycles. The molecule has 1 aromatic rings. The molecule has 3 rings (SSSR count). The number of benzene rings is 1. The Kier molecular flexibility index (Phi) is 3.29. The van der Waals surface area contributed by atoms with Gasteiger partial charge < -0.3 is 24.4 Å². The summed E-state index contributed by atoms with van der Waals surface area (Å²) in [6, 6.07) is 8.54. The van der Waals surface area contributed by atoms with E-state index in [1.165, 1.54) is 0 Å². The average molecular weight is 294 g/mol.